The lowest BCUT2D eigenvalue weighted by Gasteiger charge is -2.08. The van der Waals surface area contributed by atoms with Gasteiger partial charge in [-0.25, -0.2) is 4.39 Å². The van der Waals surface area contributed by atoms with Gasteiger partial charge >= 0.3 is 0 Å². The van der Waals surface area contributed by atoms with E-state index in [-0.39, 0.29) is 23.0 Å². The SMILES string of the molecule is C=CC(=O)Nc1ccc(CC(=O)Nc2cc(Cl)c(O)cc2F)cc1. The van der Waals surface area contributed by atoms with Crippen molar-refractivity contribution in [1.82, 2.24) is 0 Å². The highest BCUT2D eigenvalue weighted by molar-refractivity contribution is 6.32. The van der Waals surface area contributed by atoms with Crippen LogP contribution in [0.4, 0.5) is 15.8 Å². The molecule has 0 atom stereocenters. The minimum atomic E-state index is -0.785. The Bertz CT molecular complexity index is 791. The number of benzene rings is 2. The molecule has 0 heterocycles. The number of anilines is 2. The van der Waals surface area contributed by atoms with Crippen LogP contribution in [-0.4, -0.2) is 16.9 Å². The van der Waals surface area contributed by atoms with Gasteiger partial charge in [-0.3, -0.25) is 9.59 Å². The highest BCUT2D eigenvalue weighted by Crippen LogP contribution is 2.29. The molecule has 0 spiro atoms. The predicted octanol–water partition coefficient (Wildman–Crippen LogP) is 3.49. The summed E-state index contributed by atoms with van der Waals surface area (Å²) in [4.78, 5) is 23.1. The van der Waals surface area contributed by atoms with Gasteiger partial charge in [0.1, 0.15) is 11.6 Å². The third-order valence-electron chi connectivity index (χ3n) is 3.08. The van der Waals surface area contributed by atoms with Gasteiger partial charge in [0.15, 0.2) is 0 Å². The molecule has 0 bridgehead atoms. The number of amides is 2. The number of nitrogens with one attached hydrogen (secondary N) is 2. The first kappa shape index (κ1) is 17.5. The van der Waals surface area contributed by atoms with Crippen molar-refractivity contribution in [3.63, 3.8) is 0 Å². The summed E-state index contributed by atoms with van der Waals surface area (Å²) in [5.74, 6) is -1.96. The van der Waals surface area contributed by atoms with E-state index in [0.717, 1.165) is 18.2 Å². The molecule has 7 heteroatoms. The molecule has 5 nitrogen and oxygen atoms in total. The first-order chi connectivity index (χ1) is 11.4. The molecule has 0 unspecified atom stereocenters. The second kappa shape index (κ2) is 7.61. The van der Waals surface area contributed by atoms with E-state index in [2.05, 4.69) is 17.2 Å². The summed E-state index contributed by atoms with van der Waals surface area (Å²) in [6, 6.07) is 8.58. The van der Waals surface area contributed by atoms with Gasteiger partial charge in [0.05, 0.1) is 17.1 Å². The van der Waals surface area contributed by atoms with Crippen LogP contribution >= 0.6 is 11.6 Å². The lowest BCUT2D eigenvalue weighted by molar-refractivity contribution is -0.115. The minimum Gasteiger partial charge on any atom is -0.506 e. The average molecular weight is 349 g/mol. The lowest BCUT2D eigenvalue weighted by atomic mass is 10.1. The smallest absolute Gasteiger partial charge is 0.247 e. The van der Waals surface area contributed by atoms with E-state index in [1.165, 1.54) is 0 Å². The third-order valence-corrected chi connectivity index (χ3v) is 3.38. The molecule has 2 aromatic carbocycles. The van der Waals surface area contributed by atoms with E-state index in [0.29, 0.717) is 11.3 Å². The van der Waals surface area contributed by atoms with E-state index in [1.807, 2.05) is 0 Å². The number of phenolic OH excluding ortho intramolecular Hbond substituents is 1. The van der Waals surface area contributed by atoms with Crippen LogP contribution in [0.2, 0.25) is 5.02 Å². The van der Waals surface area contributed by atoms with Crippen LogP contribution in [0.15, 0.2) is 49.1 Å². The van der Waals surface area contributed by atoms with Crippen molar-refractivity contribution in [2.45, 2.75) is 6.42 Å². The topological polar surface area (TPSA) is 78.4 Å². The average Bonchev–Trinajstić information content (AvgIpc) is 2.54. The maximum atomic E-state index is 13.7. The number of phenols is 1. The van der Waals surface area contributed by atoms with Crippen molar-refractivity contribution in [1.29, 1.82) is 0 Å². The largest absolute Gasteiger partial charge is 0.506 e. The van der Waals surface area contributed by atoms with E-state index >= 15 is 0 Å². The molecule has 0 saturated carbocycles. The zero-order chi connectivity index (χ0) is 17.7. The summed E-state index contributed by atoms with van der Waals surface area (Å²) in [7, 11) is 0. The lowest BCUT2D eigenvalue weighted by Crippen LogP contribution is -2.15. The van der Waals surface area contributed by atoms with E-state index < -0.39 is 17.5 Å². The number of rotatable bonds is 5. The molecule has 0 aliphatic heterocycles. The molecule has 2 rings (SSSR count). The Morgan fingerprint density at radius 1 is 1.21 bits per heavy atom. The predicted molar refractivity (Wildman–Crippen MR) is 90.7 cm³/mol. The van der Waals surface area contributed by atoms with Crippen molar-refractivity contribution >= 4 is 34.8 Å². The molecule has 0 saturated heterocycles. The Morgan fingerprint density at radius 2 is 1.88 bits per heavy atom. The Balaban J connectivity index is 2.01. The van der Waals surface area contributed by atoms with Crippen LogP contribution in [0.3, 0.4) is 0 Å². The normalized spacial score (nSPS) is 10.1. The Morgan fingerprint density at radius 3 is 2.50 bits per heavy atom. The molecule has 2 amide bonds. The molecular weight excluding hydrogens is 335 g/mol. The molecule has 124 valence electrons. The quantitative estimate of drug-likeness (QED) is 0.571. The number of hydrogen-bond acceptors (Lipinski definition) is 3. The number of hydrogen-bond donors (Lipinski definition) is 3. The van der Waals surface area contributed by atoms with Gasteiger partial charge in [-0.1, -0.05) is 30.3 Å². The molecular formula is C17H14ClFN2O3. The zero-order valence-corrected chi connectivity index (χ0v) is 13.2. The highest BCUT2D eigenvalue weighted by atomic mass is 35.5. The molecule has 24 heavy (non-hydrogen) atoms. The summed E-state index contributed by atoms with van der Waals surface area (Å²) in [5.41, 5.74) is 1.13. The van der Waals surface area contributed by atoms with Crippen LogP contribution in [0.1, 0.15) is 5.56 Å². The van der Waals surface area contributed by atoms with E-state index in [1.54, 1.807) is 24.3 Å². The monoisotopic (exact) mass is 348 g/mol. The van der Waals surface area contributed by atoms with Gasteiger partial charge in [0.25, 0.3) is 0 Å². The van der Waals surface area contributed by atoms with Crippen LogP contribution in [0.5, 0.6) is 5.75 Å². The van der Waals surface area contributed by atoms with Crippen molar-refractivity contribution in [2.75, 3.05) is 10.6 Å². The van der Waals surface area contributed by atoms with Crippen LogP contribution in [0, 0.1) is 5.82 Å². The minimum absolute atomic E-state index is 0.00756. The fourth-order valence-electron chi connectivity index (χ4n) is 1.91. The Labute approximate surface area is 142 Å². The zero-order valence-electron chi connectivity index (χ0n) is 12.5. The third kappa shape index (κ3) is 4.57. The first-order valence-electron chi connectivity index (χ1n) is 6.89. The number of carbonyl (C=O) groups excluding carboxylic acids is 2. The summed E-state index contributed by atoms with van der Waals surface area (Å²) in [6.45, 7) is 3.35. The fourth-order valence-corrected chi connectivity index (χ4v) is 2.07. The summed E-state index contributed by atoms with van der Waals surface area (Å²) in [5, 5.41) is 14.2. The van der Waals surface area contributed by atoms with Crippen molar-refractivity contribution < 1.29 is 19.1 Å². The molecule has 2 aromatic rings. The van der Waals surface area contributed by atoms with Crippen LogP contribution in [-0.2, 0) is 16.0 Å². The molecule has 0 aromatic heterocycles. The Kier molecular flexibility index (Phi) is 5.55. The summed E-state index contributed by atoms with van der Waals surface area (Å²) in [6.07, 6.45) is 1.16. The molecule has 0 radical (unpaired) electrons. The Hall–Kier alpha value is -2.86. The van der Waals surface area contributed by atoms with Crippen molar-refractivity contribution in [3.8, 4) is 5.75 Å². The van der Waals surface area contributed by atoms with Gasteiger partial charge in [-0.05, 0) is 29.8 Å². The molecule has 0 aliphatic rings. The summed E-state index contributed by atoms with van der Waals surface area (Å²) < 4.78 is 13.7. The van der Waals surface area contributed by atoms with Gasteiger partial charge < -0.3 is 15.7 Å². The van der Waals surface area contributed by atoms with E-state index in [4.69, 9.17) is 11.6 Å². The standard InChI is InChI=1S/C17H14ClFN2O3/c1-2-16(23)20-11-5-3-10(4-6-11)7-17(24)21-14-8-12(18)15(22)9-13(14)19/h2-6,8-9,22H,1,7H2,(H,20,23)(H,21,24). The van der Waals surface area contributed by atoms with Crippen LogP contribution in [0.25, 0.3) is 0 Å². The second-order valence-electron chi connectivity index (χ2n) is 4.90. The van der Waals surface area contributed by atoms with E-state index in [9.17, 15) is 19.1 Å². The fraction of sp³-hybridized carbons (Fsp3) is 0.0588. The maximum Gasteiger partial charge on any atom is 0.247 e. The van der Waals surface area contributed by atoms with Gasteiger partial charge in [-0.15, -0.1) is 0 Å². The molecule has 3 N–H and O–H groups in total. The maximum absolute atomic E-state index is 13.7. The van der Waals surface area contributed by atoms with Crippen molar-refractivity contribution in [3.05, 3.63) is 65.5 Å². The van der Waals surface area contributed by atoms with Crippen molar-refractivity contribution in [2.24, 2.45) is 0 Å². The number of aromatic hydroxyl groups is 1. The second-order valence-corrected chi connectivity index (χ2v) is 5.31. The van der Waals surface area contributed by atoms with Gasteiger partial charge in [0, 0.05) is 11.8 Å². The summed E-state index contributed by atoms with van der Waals surface area (Å²) >= 11 is 5.69. The van der Waals surface area contributed by atoms with Gasteiger partial charge in [-0.2, -0.15) is 0 Å². The first-order valence-corrected chi connectivity index (χ1v) is 7.27. The van der Waals surface area contributed by atoms with Crippen LogP contribution < -0.4 is 10.6 Å². The van der Waals surface area contributed by atoms with Gasteiger partial charge in [0.2, 0.25) is 11.8 Å². The highest BCUT2D eigenvalue weighted by Gasteiger charge is 2.11. The molecule has 0 fully saturated rings. The number of carbonyl (C=O) groups is 2. The number of halogens is 2. The molecule has 0 aliphatic carbocycles.